The highest BCUT2D eigenvalue weighted by Crippen LogP contribution is 2.39. The van der Waals surface area contributed by atoms with Crippen molar-refractivity contribution in [1.82, 2.24) is 14.3 Å². The third kappa shape index (κ3) is 7.16. The van der Waals surface area contributed by atoms with Crippen LogP contribution < -0.4 is 5.73 Å². The average Bonchev–Trinajstić information content (AvgIpc) is 2.89. The molecule has 0 spiro atoms. The zero-order valence-electron chi connectivity index (χ0n) is 22.3. The van der Waals surface area contributed by atoms with E-state index in [1.807, 2.05) is 61.3 Å². The van der Waals surface area contributed by atoms with Crippen LogP contribution in [0.1, 0.15) is 50.4 Å². The van der Waals surface area contributed by atoms with Gasteiger partial charge in [-0.05, 0) is 73.9 Å². The molecule has 1 saturated heterocycles. The maximum absolute atomic E-state index is 6.12. The third-order valence-corrected chi connectivity index (χ3v) is 8.86. The summed E-state index contributed by atoms with van der Waals surface area (Å²) >= 11 is 8.04. The summed E-state index contributed by atoms with van der Waals surface area (Å²) in [6.07, 6.45) is 12.4. The molecule has 1 aliphatic carbocycles. The topological polar surface area (TPSA) is 55.0 Å². The fourth-order valence-electron chi connectivity index (χ4n) is 5.27. The summed E-state index contributed by atoms with van der Waals surface area (Å²) in [5.74, 6) is 2.20. The lowest BCUT2D eigenvalue weighted by atomic mass is 9.72. The van der Waals surface area contributed by atoms with Gasteiger partial charge in [0.2, 0.25) is 0 Å². The molecule has 196 valence electrons. The van der Waals surface area contributed by atoms with Crippen molar-refractivity contribution >= 4 is 50.9 Å². The Labute approximate surface area is 231 Å². The molecule has 2 aromatic heterocycles. The van der Waals surface area contributed by atoms with E-state index in [2.05, 4.69) is 39.6 Å². The smallest absolute Gasteiger partial charge is 0.0722 e. The summed E-state index contributed by atoms with van der Waals surface area (Å²) in [6, 6.07) is 17.7. The number of nitrogens with two attached hydrogens (primary N) is 1. The van der Waals surface area contributed by atoms with Gasteiger partial charge in [0, 0.05) is 47.1 Å². The Hall–Kier alpha value is -2.34. The molecule has 2 aliphatic rings. The van der Waals surface area contributed by atoms with Crippen molar-refractivity contribution in [2.24, 2.45) is 11.8 Å². The first kappa shape index (κ1) is 27.7. The van der Waals surface area contributed by atoms with Crippen LogP contribution >= 0.6 is 23.5 Å². The van der Waals surface area contributed by atoms with Gasteiger partial charge in [-0.3, -0.25) is 14.3 Å². The number of nitrogens with zero attached hydrogens (tertiary/aromatic N) is 3. The van der Waals surface area contributed by atoms with Gasteiger partial charge in [-0.2, -0.15) is 0 Å². The van der Waals surface area contributed by atoms with Crippen LogP contribution in [0.25, 0.3) is 21.7 Å². The highest BCUT2D eigenvalue weighted by molar-refractivity contribution is 7.96. The second-order valence-electron chi connectivity index (χ2n) is 9.95. The highest BCUT2D eigenvalue weighted by Gasteiger charge is 2.29. The number of nitrogen functional groups attached to an aromatic ring is 1. The minimum Gasteiger partial charge on any atom is -0.398 e. The fourth-order valence-corrected chi connectivity index (χ4v) is 6.16. The van der Waals surface area contributed by atoms with E-state index in [0.717, 1.165) is 56.6 Å². The minimum atomic E-state index is 0.787. The number of hydrogen-bond donors (Lipinski definition) is 1. The molecule has 1 aliphatic heterocycles. The first-order valence-corrected chi connectivity index (χ1v) is 15.0. The summed E-state index contributed by atoms with van der Waals surface area (Å²) < 4.78 is 2.51. The molecule has 0 unspecified atom stereocenters. The molecular formula is C31H39ClN4S. The number of fused-ring (bicyclic) bond motifs is 2. The van der Waals surface area contributed by atoms with E-state index in [4.69, 9.17) is 17.3 Å². The number of aromatic nitrogens is 2. The maximum atomic E-state index is 6.12. The number of anilines is 1. The van der Waals surface area contributed by atoms with Gasteiger partial charge in [-0.25, -0.2) is 0 Å². The molecule has 1 saturated carbocycles. The van der Waals surface area contributed by atoms with Gasteiger partial charge in [0.15, 0.2) is 0 Å². The van der Waals surface area contributed by atoms with E-state index in [9.17, 15) is 0 Å². The second kappa shape index (κ2) is 13.5. The lowest BCUT2D eigenvalue weighted by Gasteiger charge is -2.39. The summed E-state index contributed by atoms with van der Waals surface area (Å²) in [5, 5.41) is 4.07. The van der Waals surface area contributed by atoms with Crippen LogP contribution in [0, 0.1) is 18.8 Å². The second-order valence-corrected chi connectivity index (χ2v) is 11.2. The predicted octanol–water partition coefficient (Wildman–Crippen LogP) is 8.35. The van der Waals surface area contributed by atoms with Gasteiger partial charge >= 0.3 is 0 Å². The molecule has 0 atom stereocenters. The molecule has 4 aromatic rings. The largest absolute Gasteiger partial charge is 0.398 e. The molecule has 3 heterocycles. The van der Waals surface area contributed by atoms with Crippen LogP contribution in [0.3, 0.4) is 0 Å². The van der Waals surface area contributed by atoms with Crippen molar-refractivity contribution < 1.29 is 0 Å². The fraction of sp³-hybridized carbons (Fsp3) is 0.419. The number of benzene rings is 2. The van der Waals surface area contributed by atoms with Crippen LogP contribution in [-0.2, 0) is 6.42 Å². The van der Waals surface area contributed by atoms with Crippen molar-refractivity contribution in [1.29, 1.82) is 0 Å². The Kier molecular flexibility index (Phi) is 10.1. The number of para-hydroxylation sites is 1. The van der Waals surface area contributed by atoms with Crippen molar-refractivity contribution in [3.8, 4) is 0 Å². The third-order valence-electron chi connectivity index (χ3n) is 7.66. The van der Waals surface area contributed by atoms with Crippen LogP contribution in [-0.4, -0.2) is 33.6 Å². The number of aryl methyl sites for hydroxylation is 2. The number of piperidine rings is 1. The first-order chi connectivity index (χ1) is 18.0. The molecule has 2 N–H and O–H groups in total. The zero-order chi connectivity index (χ0) is 26.2. The van der Waals surface area contributed by atoms with Crippen molar-refractivity contribution in [3.63, 3.8) is 0 Å². The summed E-state index contributed by atoms with van der Waals surface area (Å²) in [6.45, 7) is 6.79. The number of halogens is 1. The Balaban J connectivity index is 0.000000131. The van der Waals surface area contributed by atoms with E-state index in [0.29, 0.717) is 0 Å². The van der Waals surface area contributed by atoms with Crippen molar-refractivity contribution in [2.45, 2.75) is 52.4 Å². The minimum absolute atomic E-state index is 0.787. The van der Waals surface area contributed by atoms with E-state index >= 15 is 0 Å². The van der Waals surface area contributed by atoms with Gasteiger partial charge in [-0.15, -0.1) is 0 Å². The molecule has 4 nitrogen and oxygen atoms in total. The van der Waals surface area contributed by atoms with Crippen LogP contribution in [0.2, 0.25) is 5.02 Å². The van der Waals surface area contributed by atoms with E-state index in [1.54, 1.807) is 6.20 Å². The zero-order valence-corrected chi connectivity index (χ0v) is 23.9. The van der Waals surface area contributed by atoms with Gasteiger partial charge in [-0.1, -0.05) is 80.1 Å². The molecule has 2 fully saturated rings. The summed E-state index contributed by atoms with van der Waals surface area (Å²) in [4.78, 5) is 8.66. The van der Waals surface area contributed by atoms with Crippen LogP contribution in [0.5, 0.6) is 0 Å². The highest BCUT2D eigenvalue weighted by atomic mass is 35.5. The van der Waals surface area contributed by atoms with Gasteiger partial charge in [0.1, 0.15) is 0 Å². The molecule has 37 heavy (non-hydrogen) atoms. The lowest BCUT2D eigenvalue weighted by molar-refractivity contribution is 0.146. The molecule has 0 radical (unpaired) electrons. The molecule has 6 heteroatoms. The Bertz CT molecular complexity index is 1290. The SMILES string of the molecule is CCc1cc2cccc(Cl)c2c(C)n1.CSN1CCC(C2CCC2)CC1.Nc1ccnc2ccccc12. The van der Waals surface area contributed by atoms with Gasteiger partial charge < -0.3 is 5.73 Å². The number of hydrogen-bond acceptors (Lipinski definition) is 5. The quantitative estimate of drug-likeness (QED) is 0.267. The average molecular weight is 535 g/mol. The monoisotopic (exact) mass is 534 g/mol. The Morgan fingerprint density at radius 2 is 1.73 bits per heavy atom. The van der Waals surface area contributed by atoms with Crippen molar-refractivity contribution in [3.05, 3.63) is 77.2 Å². The Morgan fingerprint density at radius 1 is 1.00 bits per heavy atom. The summed E-state index contributed by atoms with van der Waals surface area (Å²) in [7, 11) is 0. The molecular weight excluding hydrogens is 496 g/mol. The molecule has 0 bridgehead atoms. The maximum Gasteiger partial charge on any atom is 0.0722 e. The van der Waals surface area contributed by atoms with E-state index < -0.39 is 0 Å². The summed E-state index contributed by atoms with van der Waals surface area (Å²) in [5.41, 5.74) is 9.60. The van der Waals surface area contributed by atoms with Crippen molar-refractivity contribution in [2.75, 3.05) is 25.1 Å². The molecule has 6 rings (SSSR count). The molecule has 0 amide bonds. The lowest BCUT2D eigenvalue weighted by Crippen LogP contribution is -2.34. The van der Waals surface area contributed by atoms with Gasteiger partial charge in [0.25, 0.3) is 0 Å². The Morgan fingerprint density at radius 3 is 2.38 bits per heavy atom. The molecule has 2 aromatic carbocycles. The van der Waals surface area contributed by atoms with Crippen LogP contribution in [0.15, 0.2) is 60.8 Å². The number of rotatable bonds is 3. The number of pyridine rings is 2. The normalized spacial score (nSPS) is 16.4. The van der Waals surface area contributed by atoms with E-state index in [-0.39, 0.29) is 0 Å². The predicted molar refractivity (Wildman–Crippen MR) is 162 cm³/mol. The first-order valence-electron chi connectivity index (χ1n) is 13.4. The van der Waals surface area contributed by atoms with Gasteiger partial charge in [0.05, 0.1) is 10.5 Å². The van der Waals surface area contributed by atoms with Crippen LogP contribution in [0.4, 0.5) is 5.69 Å². The standard InChI is InChI=1S/C12H12ClN.C10H19NS.C9H8N2/c1-3-10-7-9-5-4-6-11(13)12(9)8(2)14-10;1-12-11-7-5-10(6-8-11)9-3-2-4-9;10-8-5-6-11-9-4-2-1-3-7(8)9/h4-7H,3H2,1-2H3;9-10H,2-8H2,1H3;1-6H,(H2,10,11). The van der Waals surface area contributed by atoms with E-state index in [1.165, 1.54) is 50.6 Å².